The standard InChI is InChI=1S/C30H31N3O2/c1-19-13-26-16-25(18-34)32-33(26)29(21-7-9-24(10-8-21)30(2,3)4)28(19)27(35)15-20-5-6-23-17-31-12-11-22(23)14-20/h5-12,14,16-17,29,34H,13,15,18H2,1-4H3. The summed E-state index contributed by atoms with van der Waals surface area (Å²) in [5, 5.41) is 16.6. The van der Waals surface area contributed by atoms with E-state index in [9.17, 15) is 9.90 Å². The van der Waals surface area contributed by atoms with Crippen molar-refractivity contribution in [3.63, 3.8) is 0 Å². The van der Waals surface area contributed by atoms with Gasteiger partial charge in [0.1, 0.15) is 6.04 Å². The fourth-order valence-corrected chi connectivity index (χ4v) is 5.03. The number of pyridine rings is 1. The van der Waals surface area contributed by atoms with E-state index in [4.69, 9.17) is 0 Å². The Labute approximate surface area is 206 Å². The summed E-state index contributed by atoms with van der Waals surface area (Å²) < 4.78 is 1.93. The minimum Gasteiger partial charge on any atom is -0.390 e. The maximum Gasteiger partial charge on any atom is 0.165 e. The Morgan fingerprint density at radius 1 is 1.06 bits per heavy atom. The van der Waals surface area contributed by atoms with E-state index in [1.807, 2.05) is 42.1 Å². The predicted molar refractivity (Wildman–Crippen MR) is 138 cm³/mol. The molecule has 1 aliphatic heterocycles. The van der Waals surface area contributed by atoms with E-state index in [-0.39, 0.29) is 23.8 Å². The maximum atomic E-state index is 13.8. The summed E-state index contributed by atoms with van der Waals surface area (Å²) in [4.78, 5) is 18.0. The molecule has 4 aromatic rings. The van der Waals surface area contributed by atoms with Crippen molar-refractivity contribution in [3.05, 3.63) is 106 Å². The molecule has 0 radical (unpaired) electrons. The molecule has 5 rings (SSSR count). The molecule has 5 heteroatoms. The lowest BCUT2D eigenvalue weighted by atomic mass is 9.83. The summed E-state index contributed by atoms with van der Waals surface area (Å²) in [5.74, 6) is 0.104. The Morgan fingerprint density at radius 2 is 1.83 bits per heavy atom. The number of fused-ring (bicyclic) bond motifs is 2. The molecule has 0 spiro atoms. The van der Waals surface area contributed by atoms with Crippen LogP contribution in [0.5, 0.6) is 0 Å². The van der Waals surface area contributed by atoms with E-state index < -0.39 is 0 Å². The number of aliphatic hydroxyl groups is 1. The van der Waals surface area contributed by atoms with Crippen LogP contribution in [0.2, 0.25) is 0 Å². The van der Waals surface area contributed by atoms with Gasteiger partial charge in [0.2, 0.25) is 0 Å². The van der Waals surface area contributed by atoms with Crippen LogP contribution in [0.4, 0.5) is 0 Å². The summed E-state index contributed by atoms with van der Waals surface area (Å²) in [6.45, 7) is 8.51. The molecular weight excluding hydrogens is 434 g/mol. The topological polar surface area (TPSA) is 68.0 Å². The number of benzene rings is 2. The van der Waals surface area contributed by atoms with Crippen molar-refractivity contribution in [3.8, 4) is 0 Å². The summed E-state index contributed by atoms with van der Waals surface area (Å²) in [7, 11) is 0. The number of carbonyl (C=O) groups excluding carboxylic acids is 1. The highest BCUT2D eigenvalue weighted by atomic mass is 16.3. The minimum absolute atomic E-state index is 0.0437. The molecule has 2 aromatic carbocycles. The highest BCUT2D eigenvalue weighted by Crippen LogP contribution is 2.37. The van der Waals surface area contributed by atoms with Crippen LogP contribution in [0.25, 0.3) is 10.8 Å². The van der Waals surface area contributed by atoms with E-state index in [1.165, 1.54) is 5.56 Å². The SMILES string of the molecule is CC1=C(C(=O)Cc2ccc3cnccc3c2)C(c2ccc(C(C)(C)C)cc2)n2nc(CO)cc2C1. The average Bonchev–Trinajstić information content (AvgIpc) is 3.25. The highest BCUT2D eigenvalue weighted by molar-refractivity contribution is 5.99. The van der Waals surface area contributed by atoms with Gasteiger partial charge in [-0.1, -0.05) is 68.8 Å². The first-order chi connectivity index (χ1) is 16.7. The number of hydrogen-bond donors (Lipinski definition) is 1. The normalized spacial score (nSPS) is 16.0. The Morgan fingerprint density at radius 3 is 2.54 bits per heavy atom. The van der Waals surface area contributed by atoms with Gasteiger partial charge in [0, 0.05) is 41.9 Å². The van der Waals surface area contributed by atoms with E-state index >= 15 is 0 Å². The van der Waals surface area contributed by atoms with Gasteiger partial charge in [-0.05, 0) is 46.5 Å². The number of Topliss-reactive ketones (excluding diaryl/α,β-unsaturated/α-hetero) is 1. The molecule has 0 saturated heterocycles. The molecular formula is C30H31N3O2. The Bertz CT molecular complexity index is 1440. The Kier molecular flexibility index (Phi) is 5.89. The summed E-state index contributed by atoms with van der Waals surface area (Å²) in [5.41, 5.74) is 6.80. The zero-order valence-electron chi connectivity index (χ0n) is 20.7. The number of aromatic nitrogens is 3. The monoisotopic (exact) mass is 465 g/mol. The lowest BCUT2D eigenvalue weighted by Crippen LogP contribution is -2.28. The minimum atomic E-state index is -0.315. The number of hydrogen-bond acceptors (Lipinski definition) is 4. The van der Waals surface area contributed by atoms with Crippen LogP contribution in [0.15, 0.2) is 78.1 Å². The van der Waals surface area contributed by atoms with Gasteiger partial charge in [-0.25, -0.2) is 0 Å². The summed E-state index contributed by atoms with van der Waals surface area (Å²) >= 11 is 0. The van der Waals surface area contributed by atoms with Gasteiger partial charge in [-0.2, -0.15) is 5.10 Å². The molecule has 1 N–H and O–H groups in total. The van der Waals surface area contributed by atoms with Crippen LogP contribution in [-0.4, -0.2) is 25.7 Å². The first-order valence-corrected chi connectivity index (χ1v) is 12.1. The van der Waals surface area contributed by atoms with Gasteiger partial charge in [-0.3, -0.25) is 14.5 Å². The lowest BCUT2D eigenvalue weighted by Gasteiger charge is -2.30. The van der Waals surface area contributed by atoms with Crippen molar-refractivity contribution < 1.29 is 9.90 Å². The van der Waals surface area contributed by atoms with Crippen LogP contribution in [0, 0.1) is 0 Å². The molecule has 2 aromatic heterocycles. The van der Waals surface area contributed by atoms with E-state index in [0.717, 1.165) is 38.7 Å². The molecule has 35 heavy (non-hydrogen) atoms. The number of aliphatic hydroxyl groups excluding tert-OH is 1. The van der Waals surface area contributed by atoms with Gasteiger partial charge < -0.3 is 5.11 Å². The van der Waals surface area contributed by atoms with Gasteiger partial charge in [0.25, 0.3) is 0 Å². The Hall–Kier alpha value is -3.57. The zero-order valence-corrected chi connectivity index (χ0v) is 20.7. The van der Waals surface area contributed by atoms with Crippen molar-refractivity contribution in [1.29, 1.82) is 0 Å². The second-order valence-electron chi connectivity index (χ2n) is 10.5. The average molecular weight is 466 g/mol. The van der Waals surface area contributed by atoms with Gasteiger partial charge in [0.05, 0.1) is 12.3 Å². The molecule has 1 atom stereocenters. The second kappa shape index (κ2) is 8.90. The smallest absolute Gasteiger partial charge is 0.165 e. The quantitative estimate of drug-likeness (QED) is 0.423. The van der Waals surface area contributed by atoms with Crippen LogP contribution >= 0.6 is 0 Å². The number of ketones is 1. The first kappa shape index (κ1) is 23.2. The fourth-order valence-electron chi connectivity index (χ4n) is 5.03. The molecule has 3 heterocycles. The first-order valence-electron chi connectivity index (χ1n) is 12.1. The van der Waals surface area contributed by atoms with Crippen LogP contribution in [-0.2, 0) is 29.7 Å². The highest BCUT2D eigenvalue weighted by Gasteiger charge is 2.33. The third-order valence-electron chi connectivity index (χ3n) is 6.91. The van der Waals surface area contributed by atoms with E-state index in [1.54, 1.807) is 6.20 Å². The predicted octanol–water partition coefficient (Wildman–Crippen LogP) is 5.49. The molecule has 0 fully saturated rings. The molecule has 1 unspecified atom stereocenters. The number of allylic oxidation sites excluding steroid dienone is 2. The molecule has 0 aliphatic carbocycles. The number of nitrogens with zero attached hydrogens (tertiary/aromatic N) is 3. The third kappa shape index (κ3) is 4.44. The fraction of sp³-hybridized carbons (Fsp3) is 0.300. The summed E-state index contributed by atoms with van der Waals surface area (Å²) in [6.07, 6.45) is 4.58. The lowest BCUT2D eigenvalue weighted by molar-refractivity contribution is -0.115. The molecule has 0 bridgehead atoms. The van der Waals surface area contributed by atoms with Crippen LogP contribution < -0.4 is 0 Å². The van der Waals surface area contributed by atoms with Crippen molar-refractivity contribution in [1.82, 2.24) is 14.8 Å². The number of carbonyl (C=O) groups is 1. The largest absolute Gasteiger partial charge is 0.390 e. The second-order valence-corrected chi connectivity index (χ2v) is 10.5. The Balaban J connectivity index is 1.55. The van der Waals surface area contributed by atoms with E-state index in [2.05, 4.69) is 61.2 Å². The van der Waals surface area contributed by atoms with Gasteiger partial charge >= 0.3 is 0 Å². The van der Waals surface area contributed by atoms with Crippen molar-refractivity contribution >= 4 is 16.6 Å². The molecule has 0 amide bonds. The van der Waals surface area contributed by atoms with Crippen LogP contribution in [0.1, 0.15) is 61.8 Å². The molecule has 1 aliphatic rings. The third-order valence-corrected chi connectivity index (χ3v) is 6.91. The van der Waals surface area contributed by atoms with E-state index in [0.29, 0.717) is 18.5 Å². The number of rotatable bonds is 5. The molecule has 0 saturated carbocycles. The van der Waals surface area contributed by atoms with Crippen molar-refractivity contribution in [2.24, 2.45) is 0 Å². The maximum absolute atomic E-state index is 13.8. The van der Waals surface area contributed by atoms with Crippen LogP contribution in [0.3, 0.4) is 0 Å². The molecule has 178 valence electrons. The van der Waals surface area contributed by atoms with Crippen molar-refractivity contribution in [2.45, 2.75) is 58.6 Å². The van der Waals surface area contributed by atoms with Gasteiger partial charge in [0.15, 0.2) is 5.78 Å². The zero-order chi connectivity index (χ0) is 24.7. The van der Waals surface area contributed by atoms with Crippen molar-refractivity contribution in [2.75, 3.05) is 0 Å². The summed E-state index contributed by atoms with van der Waals surface area (Å²) in [6, 6.07) is 18.2. The van der Waals surface area contributed by atoms with Gasteiger partial charge in [-0.15, -0.1) is 0 Å². The molecule has 5 nitrogen and oxygen atoms in total.